The van der Waals surface area contributed by atoms with E-state index in [1.807, 2.05) is 0 Å². The number of hydrogen-bond acceptors (Lipinski definition) is 4. The highest BCUT2D eigenvalue weighted by molar-refractivity contribution is 5.97. The van der Waals surface area contributed by atoms with E-state index in [9.17, 15) is 14.4 Å². The summed E-state index contributed by atoms with van der Waals surface area (Å²) < 4.78 is 1.37. The molecule has 0 aliphatic carbocycles. The molecule has 2 rings (SSSR count). The van der Waals surface area contributed by atoms with Crippen molar-refractivity contribution in [2.45, 2.75) is 27.3 Å². The van der Waals surface area contributed by atoms with Crippen LogP contribution in [0.25, 0.3) is 11.0 Å². The van der Waals surface area contributed by atoms with Crippen molar-refractivity contribution in [3.05, 3.63) is 38.2 Å². The second kappa shape index (κ2) is 4.21. The van der Waals surface area contributed by atoms with Gasteiger partial charge >= 0.3 is 5.69 Å². The molecule has 0 saturated carbocycles. The van der Waals surface area contributed by atoms with Crippen LogP contribution in [0.2, 0.25) is 0 Å². The van der Waals surface area contributed by atoms with E-state index in [-0.39, 0.29) is 11.2 Å². The van der Waals surface area contributed by atoms with Crippen LogP contribution in [0.5, 0.6) is 0 Å². The lowest BCUT2D eigenvalue weighted by molar-refractivity contribution is 0.101. The lowest BCUT2D eigenvalue weighted by Gasteiger charge is -2.08. The number of rotatable bonds is 2. The monoisotopic (exact) mass is 247 g/mol. The van der Waals surface area contributed by atoms with E-state index >= 15 is 0 Å². The topological polar surface area (TPSA) is 84.8 Å². The molecule has 2 heterocycles. The molecular formula is C12H13N3O3. The number of Topliss-reactive ketones (excluding diaryl/α,β-unsaturated/α-hetero) is 1. The Kier molecular flexibility index (Phi) is 2.86. The van der Waals surface area contributed by atoms with Gasteiger partial charge in [0.25, 0.3) is 5.56 Å². The summed E-state index contributed by atoms with van der Waals surface area (Å²) in [7, 11) is 0. The molecule has 0 spiro atoms. The first-order chi connectivity index (χ1) is 8.45. The van der Waals surface area contributed by atoms with Gasteiger partial charge in [0.2, 0.25) is 0 Å². The first kappa shape index (κ1) is 12.2. The molecule has 0 aromatic carbocycles. The second-order valence-electron chi connectivity index (χ2n) is 4.05. The Labute approximate surface area is 102 Å². The molecule has 6 nitrogen and oxygen atoms in total. The average molecular weight is 247 g/mol. The van der Waals surface area contributed by atoms with Crippen molar-refractivity contribution >= 4 is 16.8 Å². The quantitative estimate of drug-likeness (QED) is 0.788. The number of hydrogen-bond donors (Lipinski definition) is 1. The van der Waals surface area contributed by atoms with Crippen LogP contribution in [0, 0.1) is 6.92 Å². The highest BCUT2D eigenvalue weighted by atomic mass is 16.2. The Morgan fingerprint density at radius 1 is 1.44 bits per heavy atom. The molecule has 0 radical (unpaired) electrons. The van der Waals surface area contributed by atoms with Crippen LogP contribution < -0.4 is 11.2 Å². The van der Waals surface area contributed by atoms with Crippen molar-refractivity contribution in [3.8, 4) is 0 Å². The zero-order valence-corrected chi connectivity index (χ0v) is 10.4. The molecule has 2 aromatic heterocycles. The highest BCUT2D eigenvalue weighted by Crippen LogP contribution is 2.12. The van der Waals surface area contributed by atoms with E-state index in [1.165, 1.54) is 17.6 Å². The molecule has 94 valence electrons. The number of ketones is 1. The Hall–Kier alpha value is -2.24. The maximum atomic E-state index is 11.7. The molecule has 0 unspecified atom stereocenters. The average Bonchev–Trinajstić information content (AvgIpc) is 2.28. The molecule has 0 saturated heterocycles. The highest BCUT2D eigenvalue weighted by Gasteiger charge is 2.13. The summed E-state index contributed by atoms with van der Waals surface area (Å²) in [6.45, 7) is 5.29. The van der Waals surface area contributed by atoms with Gasteiger partial charge in [-0.3, -0.25) is 19.1 Å². The van der Waals surface area contributed by atoms with Gasteiger partial charge in [-0.1, -0.05) is 0 Å². The van der Waals surface area contributed by atoms with Gasteiger partial charge in [0.15, 0.2) is 5.78 Å². The van der Waals surface area contributed by atoms with Gasteiger partial charge in [0, 0.05) is 12.1 Å². The van der Waals surface area contributed by atoms with Gasteiger partial charge in [0.05, 0.1) is 11.1 Å². The smallest absolute Gasteiger partial charge is 0.294 e. The molecule has 18 heavy (non-hydrogen) atoms. The number of pyridine rings is 1. The number of aromatic amines is 1. The van der Waals surface area contributed by atoms with Crippen LogP contribution in [0.4, 0.5) is 0 Å². The third-order valence-electron chi connectivity index (χ3n) is 2.85. The van der Waals surface area contributed by atoms with E-state index < -0.39 is 11.2 Å². The number of nitrogens with one attached hydrogen (secondary N) is 1. The zero-order chi connectivity index (χ0) is 13.4. The summed E-state index contributed by atoms with van der Waals surface area (Å²) in [5, 5.41) is 0.257. The number of H-pyrrole nitrogens is 1. The number of aryl methyl sites for hydroxylation is 2. The molecular weight excluding hydrogens is 234 g/mol. The molecule has 0 amide bonds. The number of aromatic nitrogens is 3. The van der Waals surface area contributed by atoms with Crippen molar-refractivity contribution < 1.29 is 4.79 Å². The van der Waals surface area contributed by atoms with E-state index in [0.29, 0.717) is 23.4 Å². The Morgan fingerprint density at radius 3 is 2.67 bits per heavy atom. The number of carbonyl (C=O) groups excluding carboxylic acids is 1. The molecule has 0 bridgehead atoms. The Bertz CT molecular complexity index is 755. The summed E-state index contributed by atoms with van der Waals surface area (Å²) >= 11 is 0. The van der Waals surface area contributed by atoms with Crippen LogP contribution in [-0.2, 0) is 6.54 Å². The lowest BCUT2D eigenvalue weighted by atomic mass is 10.1. The second-order valence-corrected chi connectivity index (χ2v) is 4.05. The fraction of sp³-hybridized carbons (Fsp3) is 0.333. The van der Waals surface area contributed by atoms with Crippen molar-refractivity contribution in [1.29, 1.82) is 0 Å². The summed E-state index contributed by atoms with van der Waals surface area (Å²) in [6.07, 6.45) is 0. The van der Waals surface area contributed by atoms with E-state index in [1.54, 1.807) is 13.8 Å². The maximum absolute atomic E-state index is 11.7. The fourth-order valence-corrected chi connectivity index (χ4v) is 1.94. The van der Waals surface area contributed by atoms with Gasteiger partial charge in [-0.15, -0.1) is 0 Å². The zero-order valence-electron chi connectivity index (χ0n) is 10.4. The first-order valence-corrected chi connectivity index (χ1v) is 5.61. The molecule has 0 atom stereocenters. The van der Waals surface area contributed by atoms with Crippen LogP contribution >= 0.6 is 0 Å². The largest absolute Gasteiger partial charge is 0.329 e. The fourth-order valence-electron chi connectivity index (χ4n) is 1.94. The van der Waals surface area contributed by atoms with Crippen molar-refractivity contribution in [1.82, 2.24) is 14.5 Å². The number of nitrogens with zero attached hydrogens (tertiary/aromatic N) is 2. The first-order valence-electron chi connectivity index (χ1n) is 5.61. The number of carbonyl (C=O) groups is 1. The molecule has 0 aliphatic rings. The molecule has 1 N–H and O–H groups in total. The summed E-state index contributed by atoms with van der Waals surface area (Å²) in [4.78, 5) is 41.2. The third-order valence-corrected chi connectivity index (χ3v) is 2.85. The van der Waals surface area contributed by atoms with E-state index in [2.05, 4.69) is 9.97 Å². The predicted octanol–water partition coefficient (Wildman–Crippen LogP) is 0.616. The summed E-state index contributed by atoms with van der Waals surface area (Å²) in [5.74, 6) is -0.157. The van der Waals surface area contributed by atoms with Gasteiger partial charge in [-0.25, -0.2) is 9.78 Å². The Morgan fingerprint density at radius 2 is 2.11 bits per heavy atom. The molecule has 0 fully saturated rings. The van der Waals surface area contributed by atoms with Crippen LogP contribution in [0.1, 0.15) is 29.9 Å². The van der Waals surface area contributed by atoms with E-state index in [4.69, 9.17) is 0 Å². The van der Waals surface area contributed by atoms with Gasteiger partial charge < -0.3 is 0 Å². The SMILES string of the molecule is CCn1c(=O)[nH]c(=O)c2cc(C(C)=O)c(C)nc21. The van der Waals surface area contributed by atoms with Crippen molar-refractivity contribution in [2.75, 3.05) is 0 Å². The Balaban J connectivity index is 3.01. The molecule has 6 heteroatoms. The summed E-state index contributed by atoms with van der Waals surface area (Å²) in [5.41, 5.74) is 0.220. The summed E-state index contributed by atoms with van der Waals surface area (Å²) in [6, 6.07) is 1.49. The molecule has 2 aromatic rings. The van der Waals surface area contributed by atoms with Gasteiger partial charge in [0.1, 0.15) is 5.65 Å². The molecule has 0 aliphatic heterocycles. The standard InChI is InChI=1S/C12H13N3O3/c1-4-15-10-9(11(17)14-12(15)18)5-8(7(3)16)6(2)13-10/h5H,4H2,1-3H3,(H,14,17,18). The van der Waals surface area contributed by atoms with E-state index in [0.717, 1.165) is 0 Å². The van der Waals surface area contributed by atoms with Gasteiger partial charge in [-0.2, -0.15) is 0 Å². The third kappa shape index (κ3) is 1.75. The lowest BCUT2D eigenvalue weighted by Crippen LogP contribution is -2.30. The minimum Gasteiger partial charge on any atom is -0.294 e. The minimum absolute atomic E-state index is 0.157. The normalized spacial score (nSPS) is 10.8. The van der Waals surface area contributed by atoms with Crippen LogP contribution in [0.15, 0.2) is 15.7 Å². The van der Waals surface area contributed by atoms with Crippen molar-refractivity contribution in [2.24, 2.45) is 0 Å². The maximum Gasteiger partial charge on any atom is 0.329 e. The number of fused-ring (bicyclic) bond motifs is 1. The van der Waals surface area contributed by atoms with Gasteiger partial charge in [-0.05, 0) is 26.8 Å². The van der Waals surface area contributed by atoms with Crippen molar-refractivity contribution in [3.63, 3.8) is 0 Å². The predicted molar refractivity (Wildman–Crippen MR) is 67.0 cm³/mol. The van der Waals surface area contributed by atoms with Crippen LogP contribution in [0.3, 0.4) is 0 Å². The minimum atomic E-state index is -0.519. The van der Waals surface area contributed by atoms with Crippen LogP contribution in [-0.4, -0.2) is 20.3 Å².